The number of amides is 1. The van der Waals surface area contributed by atoms with Crippen LogP contribution >= 0.6 is 0 Å². The summed E-state index contributed by atoms with van der Waals surface area (Å²) in [5, 5.41) is 11.9. The molecule has 104 valence electrons. The number of rotatable bonds is 2. The number of hydrogen-bond acceptors (Lipinski definition) is 6. The molecule has 1 aromatic heterocycles. The second-order valence-electron chi connectivity index (χ2n) is 4.71. The van der Waals surface area contributed by atoms with Crippen LogP contribution in [0, 0.1) is 0 Å². The molecule has 0 fully saturated rings. The average molecular weight is 268 g/mol. The lowest BCUT2D eigenvalue weighted by atomic mass is 10.2. The third kappa shape index (κ3) is 4.46. The Morgan fingerprint density at radius 2 is 2.00 bits per heavy atom. The van der Waals surface area contributed by atoms with Gasteiger partial charge in [0.15, 0.2) is 11.6 Å². The molecule has 7 nitrogen and oxygen atoms in total. The van der Waals surface area contributed by atoms with Crippen molar-refractivity contribution in [1.82, 2.24) is 4.98 Å². The molecule has 19 heavy (non-hydrogen) atoms. The Morgan fingerprint density at radius 3 is 2.47 bits per heavy atom. The number of aromatic hydroxyl groups is 1. The van der Waals surface area contributed by atoms with Crippen molar-refractivity contribution in [3.8, 4) is 5.75 Å². The standard InChI is InChI=1S/C12H16N2O5/c1-12(2,3)19-11(17)14-9-8(15)5-7(6-13-9)10(16)18-4/h5-6,15H,1-4H3,(H,13,14,17). The number of carbonyl (C=O) groups is 2. The Kier molecular flexibility index (Phi) is 4.31. The van der Waals surface area contributed by atoms with Crippen LogP contribution in [0.15, 0.2) is 12.3 Å². The molecule has 0 aliphatic rings. The van der Waals surface area contributed by atoms with Gasteiger partial charge in [-0.2, -0.15) is 0 Å². The quantitative estimate of drug-likeness (QED) is 0.795. The van der Waals surface area contributed by atoms with Gasteiger partial charge in [-0.3, -0.25) is 5.32 Å². The second-order valence-corrected chi connectivity index (χ2v) is 4.71. The van der Waals surface area contributed by atoms with E-state index in [0.717, 1.165) is 6.07 Å². The van der Waals surface area contributed by atoms with Crippen LogP contribution in [0.3, 0.4) is 0 Å². The van der Waals surface area contributed by atoms with E-state index in [4.69, 9.17) is 4.74 Å². The lowest BCUT2D eigenvalue weighted by molar-refractivity contribution is 0.0598. The molecule has 1 aromatic rings. The van der Waals surface area contributed by atoms with E-state index in [9.17, 15) is 14.7 Å². The molecule has 0 unspecified atom stereocenters. The Labute approximate surface area is 110 Å². The number of nitrogens with zero attached hydrogens (tertiary/aromatic N) is 1. The summed E-state index contributed by atoms with van der Waals surface area (Å²) in [5.41, 5.74) is -0.583. The van der Waals surface area contributed by atoms with Crippen LogP contribution < -0.4 is 5.32 Å². The highest BCUT2D eigenvalue weighted by molar-refractivity contribution is 5.91. The monoisotopic (exact) mass is 268 g/mol. The number of aromatic nitrogens is 1. The molecule has 1 heterocycles. The maximum atomic E-state index is 11.5. The molecular weight excluding hydrogens is 252 g/mol. The zero-order valence-corrected chi connectivity index (χ0v) is 11.2. The lowest BCUT2D eigenvalue weighted by Crippen LogP contribution is -2.27. The Balaban J connectivity index is 2.81. The van der Waals surface area contributed by atoms with Gasteiger partial charge >= 0.3 is 12.1 Å². The summed E-state index contributed by atoms with van der Waals surface area (Å²) in [6.07, 6.45) is 0.430. The van der Waals surface area contributed by atoms with Gasteiger partial charge in [-0.25, -0.2) is 14.6 Å². The number of pyridine rings is 1. The van der Waals surface area contributed by atoms with E-state index >= 15 is 0 Å². The van der Waals surface area contributed by atoms with Crippen molar-refractivity contribution in [3.05, 3.63) is 17.8 Å². The van der Waals surface area contributed by atoms with Crippen LogP contribution in [-0.4, -0.2) is 34.9 Å². The predicted molar refractivity (Wildman–Crippen MR) is 67.1 cm³/mol. The highest BCUT2D eigenvalue weighted by atomic mass is 16.6. The smallest absolute Gasteiger partial charge is 0.413 e. The Morgan fingerprint density at radius 1 is 1.37 bits per heavy atom. The maximum absolute atomic E-state index is 11.5. The second kappa shape index (κ2) is 5.55. The van der Waals surface area contributed by atoms with Crippen LogP contribution in [-0.2, 0) is 9.47 Å². The van der Waals surface area contributed by atoms with Crippen LogP contribution in [0.1, 0.15) is 31.1 Å². The summed E-state index contributed by atoms with van der Waals surface area (Å²) < 4.78 is 9.48. The first-order valence-electron chi connectivity index (χ1n) is 5.50. The van der Waals surface area contributed by atoms with Crippen molar-refractivity contribution in [1.29, 1.82) is 0 Å². The largest absolute Gasteiger partial charge is 0.504 e. The van der Waals surface area contributed by atoms with Crippen molar-refractivity contribution in [2.45, 2.75) is 26.4 Å². The molecule has 1 rings (SSSR count). The van der Waals surface area contributed by atoms with Crippen molar-refractivity contribution < 1.29 is 24.2 Å². The first kappa shape index (κ1) is 14.7. The average Bonchev–Trinajstić information content (AvgIpc) is 2.28. The van der Waals surface area contributed by atoms with Gasteiger partial charge < -0.3 is 14.6 Å². The minimum absolute atomic E-state index is 0.0785. The minimum atomic E-state index is -0.749. The van der Waals surface area contributed by atoms with Gasteiger partial charge in [0, 0.05) is 6.20 Å². The molecular formula is C12H16N2O5. The van der Waals surface area contributed by atoms with Crippen molar-refractivity contribution in [2.24, 2.45) is 0 Å². The normalized spacial score (nSPS) is 10.7. The molecule has 0 aromatic carbocycles. The molecule has 0 aliphatic carbocycles. The van der Waals surface area contributed by atoms with E-state index in [2.05, 4.69) is 15.0 Å². The SMILES string of the molecule is COC(=O)c1cnc(NC(=O)OC(C)(C)C)c(O)c1. The fourth-order valence-electron chi connectivity index (χ4n) is 1.18. The van der Waals surface area contributed by atoms with Gasteiger partial charge in [0.05, 0.1) is 12.7 Å². The van der Waals surface area contributed by atoms with E-state index in [1.807, 2.05) is 0 Å². The molecule has 0 atom stereocenters. The van der Waals surface area contributed by atoms with Gasteiger partial charge in [0.1, 0.15) is 5.60 Å². The minimum Gasteiger partial charge on any atom is -0.504 e. The van der Waals surface area contributed by atoms with Crippen molar-refractivity contribution in [2.75, 3.05) is 12.4 Å². The zero-order chi connectivity index (χ0) is 14.6. The summed E-state index contributed by atoms with van der Waals surface area (Å²) >= 11 is 0. The summed E-state index contributed by atoms with van der Waals surface area (Å²) in [5.74, 6) is -1.08. The third-order valence-electron chi connectivity index (χ3n) is 1.91. The van der Waals surface area contributed by atoms with Crippen molar-refractivity contribution in [3.63, 3.8) is 0 Å². The molecule has 0 saturated heterocycles. The van der Waals surface area contributed by atoms with E-state index in [1.165, 1.54) is 13.3 Å². The molecule has 0 radical (unpaired) electrons. The van der Waals surface area contributed by atoms with Crippen LogP contribution in [0.2, 0.25) is 0 Å². The molecule has 1 amide bonds. The van der Waals surface area contributed by atoms with Gasteiger partial charge in [-0.15, -0.1) is 0 Å². The fraction of sp³-hybridized carbons (Fsp3) is 0.417. The zero-order valence-electron chi connectivity index (χ0n) is 11.2. The summed E-state index contributed by atoms with van der Waals surface area (Å²) in [6.45, 7) is 5.13. The lowest BCUT2D eigenvalue weighted by Gasteiger charge is -2.19. The predicted octanol–water partition coefficient (Wildman–Crippen LogP) is 1.92. The van der Waals surface area contributed by atoms with E-state index in [-0.39, 0.29) is 17.1 Å². The number of nitrogens with one attached hydrogen (secondary N) is 1. The number of esters is 1. The molecule has 2 N–H and O–H groups in total. The molecule has 0 saturated carbocycles. The molecule has 0 aliphatic heterocycles. The number of anilines is 1. The van der Waals surface area contributed by atoms with Crippen LogP contribution in [0.5, 0.6) is 5.75 Å². The van der Waals surface area contributed by atoms with Crippen LogP contribution in [0.25, 0.3) is 0 Å². The number of hydrogen-bond donors (Lipinski definition) is 2. The van der Waals surface area contributed by atoms with E-state index in [1.54, 1.807) is 20.8 Å². The third-order valence-corrected chi connectivity index (χ3v) is 1.91. The molecule has 0 bridgehead atoms. The summed E-state index contributed by atoms with van der Waals surface area (Å²) in [4.78, 5) is 26.4. The van der Waals surface area contributed by atoms with Crippen molar-refractivity contribution >= 4 is 17.9 Å². The summed E-state index contributed by atoms with van der Waals surface area (Å²) in [7, 11) is 1.21. The molecule has 7 heteroatoms. The number of methoxy groups -OCH3 is 1. The summed E-state index contributed by atoms with van der Waals surface area (Å²) in [6, 6.07) is 1.14. The topological polar surface area (TPSA) is 97.8 Å². The highest BCUT2D eigenvalue weighted by Crippen LogP contribution is 2.22. The first-order chi connectivity index (χ1) is 8.73. The van der Waals surface area contributed by atoms with Crippen LogP contribution in [0.4, 0.5) is 10.6 Å². The fourth-order valence-corrected chi connectivity index (χ4v) is 1.18. The van der Waals surface area contributed by atoms with Gasteiger partial charge in [0.2, 0.25) is 0 Å². The van der Waals surface area contributed by atoms with E-state index in [0.29, 0.717) is 0 Å². The highest BCUT2D eigenvalue weighted by Gasteiger charge is 2.18. The number of carbonyl (C=O) groups excluding carboxylic acids is 2. The Hall–Kier alpha value is -2.31. The molecule has 0 spiro atoms. The van der Waals surface area contributed by atoms with Gasteiger partial charge in [0.25, 0.3) is 0 Å². The van der Waals surface area contributed by atoms with Gasteiger partial charge in [-0.05, 0) is 26.8 Å². The van der Waals surface area contributed by atoms with Gasteiger partial charge in [-0.1, -0.05) is 0 Å². The number of ether oxygens (including phenoxy) is 2. The van der Waals surface area contributed by atoms with E-state index < -0.39 is 17.7 Å². The Bertz CT molecular complexity index is 493. The first-order valence-corrected chi connectivity index (χ1v) is 5.50. The maximum Gasteiger partial charge on any atom is 0.413 e.